The molecule has 0 unspecified atom stereocenters. The molecule has 1 aliphatic heterocycles. The Morgan fingerprint density at radius 2 is 2.03 bits per heavy atom. The van der Waals surface area contributed by atoms with Crippen LogP contribution < -0.4 is 20.3 Å². The average Bonchev–Trinajstić information content (AvgIpc) is 3.44. The third kappa shape index (κ3) is 6.49. The summed E-state index contributed by atoms with van der Waals surface area (Å²) in [6.45, 7) is 8.16. The highest BCUT2D eigenvalue weighted by Crippen LogP contribution is 2.35. The third-order valence-corrected chi connectivity index (χ3v) is 7.31. The number of anilines is 1. The van der Waals surface area contributed by atoms with Crippen LogP contribution in [0, 0.1) is 5.82 Å². The Bertz CT molecular complexity index is 1220. The van der Waals surface area contributed by atoms with Crippen LogP contribution in [0.3, 0.4) is 0 Å². The predicted molar refractivity (Wildman–Crippen MR) is 141 cm³/mol. The molecule has 0 spiro atoms. The van der Waals surface area contributed by atoms with Gasteiger partial charge in [0.1, 0.15) is 17.2 Å². The summed E-state index contributed by atoms with van der Waals surface area (Å²) < 4.78 is 26.0. The number of rotatable bonds is 9. The second-order valence-corrected chi connectivity index (χ2v) is 11.1. The fourth-order valence-corrected chi connectivity index (χ4v) is 5.26. The van der Waals surface area contributed by atoms with E-state index in [0.29, 0.717) is 18.8 Å². The van der Waals surface area contributed by atoms with E-state index in [9.17, 15) is 14.3 Å². The number of ether oxygens (including phenoxy) is 2. The maximum Gasteiger partial charge on any atom is 0.407 e. The minimum absolute atomic E-state index is 0.0377. The van der Waals surface area contributed by atoms with Crippen LogP contribution in [0.2, 0.25) is 0 Å². The first-order valence-electron chi connectivity index (χ1n) is 12.4. The van der Waals surface area contributed by atoms with Gasteiger partial charge in [0.15, 0.2) is 0 Å². The number of hydrogen-bond donors (Lipinski definition) is 3. The van der Waals surface area contributed by atoms with Gasteiger partial charge in [-0.2, -0.15) is 0 Å². The molecule has 202 valence electrons. The van der Waals surface area contributed by atoms with Gasteiger partial charge >= 0.3 is 6.09 Å². The Labute approximate surface area is 219 Å². The van der Waals surface area contributed by atoms with E-state index < -0.39 is 11.7 Å². The molecule has 12 heteroatoms. The zero-order valence-electron chi connectivity index (χ0n) is 21.7. The molecule has 3 N–H and O–H groups in total. The summed E-state index contributed by atoms with van der Waals surface area (Å²) in [5.74, 6) is 0.0587. The number of benzene rings is 1. The van der Waals surface area contributed by atoms with Crippen LogP contribution in [0.4, 0.5) is 14.3 Å². The number of alkyl carbamates (subject to hydrolysis) is 1. The maximum atomic E-state index is 13.7. The Morgan fingerprint density at radius 3 is 2.70 bits per heavy atom. The molecule has 3 aromatic rings. The zero-order chi connectivity index (χ0) is 26.6. The van der Waals surface area contributed by atoms with Crippen molar-refractivity contribution in [3.8, 4) is 17.0 Å². The molecule has 1 saturated heterocycles. The smallest absolute Gasteiger partial charge is 0.407 e. The molecular weight excluding hydrogens is 499 g/mol. The van der Waals surface area contributed by atoms with Gasteiger partial charge in [0, 0.05) is 36.8 Å². The number of piperidine rings is 1. The van der Waals surface area contributed by atoms with Crippen LogP contribution in [0.25, 0.3) is 16.2 Å². The number of carbonyl (C=O) groups is 1. The molecule has 0 atom stereocenters. The zero-order valence-corrected chi connectivity index (χ0v) is 22.5. The summed E-state index contributed by atoms with van der Waals surface area (Å²) in [4.78, 5) is 19.2. The third-order valence-electron chi connectivity index (χ3n) is 6.33. The number of aliphatic hydroxyl groups is 1. The van der Waals surface area contributed by atoms with E-state index >= 15 is 0 Å². The number of methoxy groups -OCH3 is 1. The van der Waals surface area contributed by atoms with Gasteiger partial charge in [-0.05, 0) is 58.7 Å². The van der Waals surface area contributed by atoms with Crippen molar-refractivity contribution in [2.24, 2.45) is 0 Å². The van der Waals surface area contributed by atoms with Gasteiger partial charge in [0.2, 0.25) is 10.1 Å². The molecule has 1 amide bonds. The lowest BCUT2D eigenvalue weighted by Gasteiger charge is -2.41. The van der Waals surface area contributed by atoms with E-state index in [2.05, 4.69) is 20.5 Å². The fraction of sp³-hybridized carbons (Fsp3) is 0.560. The predicted octanol–water partition coefficient (Wildman–Crippen LogP) is 3.44. The highest BCUT2D eigenvalue weighted by Gasteiger charge is 2.34. The lowest BCUT2D eigenvalue weighted by atomic mass is 9.88. The molecule has 4 rings (SSSR count). The van der Waals surface area contributed by atoms with Gasteiger partial charge in [-0.3, -0.25) is 0 Å². The topological polar surface area (TPSA) is 113 Å². The molecule has 0 bridgehead atoms. The lowest BCUT2D eigenvalue weighted by molar-refractivity contribution is 0.0526. The Morgan fingerprint density at radius 1 is 1.27 bits per heavy atom. The van der Waals surface area contributed by atoms with E-state index in [1.165, 1.54) is 30.6 Å². The molecule has 2 aromatic heterocycles. The highest BCUT2D eigenvalue weighted by atomic mass is 32.1. The highest BCUT2D eigenvalue weighted by molar-refractivity contribution is 7.20. The van der Waals surface area contributed by atoms with Crippen molar-refractivity contribution >= 4 is 27.5 Å². The second-order valence-electron chi connectivity index (χ2n) is 10.2. The van der Waals surface area contributed by atoms with E-state index in [4.69, 9.17) is 14.6 Å². The minimum Gasteiger partial charge on any atom is -0.496 e. The van der Waals surface area contributed by atoms with E-state index in [1.54, 1.807) is 16.8 Å². The Kier molecular flexibility index (Phi) is 8.20. The van der Waals surface area contributed by atoms with Crippen LogP contribution in [0.1, 0.15) is 40.0 Å². The second kappa shape index (κ2) is 11.2. The molecule has 37 heavy (non-hydrogen) atoms. The largest absolute Gasteiger partial charge is 0.496 e. The molecule has 0 saturated carbocycles. The van der Waals surface area contributed by atoms with E-state index in [-0.39, 0.29) is 18.0 Å². The van der Waals surface area contributed by atoms with Crippen molar-refractivity contribution in [2.75, 3.05) is 44.8 Å². The van der Waals surface area contributed by atoms with Gasteiger partial charge in [-0.1, -0.05) is 11.3 Å². The summed E-state index contributed by atoms with van der Waals surface area (Å²) in [5.41, 5.74) is 0.564. The van der Waals surface area contributed by atoms with Gasteiger partial charge in [0.25, 0.3) is 0 Å². The molecule has 0 aliphatic carbocycles. The summed E-state index contributed by atoms with van der Waals surface area (Å²) in [6.07, 6.45) is 3.53. The fourth-order valence-electron chi connectivity index (χ4n) is 4.33. The van der Waals surface area contributed by atoms with Crippen LogP contribution in [-0.2, 0) is 4.74 Å². The quantitative estimate of drug-likeness (QED) is 0.358. The average molecular weight is 535 g/mol. The Hall–Kier alpha value is -2.96. The molecule has 10 nitrogen and oxygen atoms in total. The van der Waals surface area contributed by atoms with Crippen LogP contribution >= 0.6 is 11.3 Å². The van der Waals surface area contributed by atoms with Crippen molar-refractivity contribution in [1.29, 1.82) is 0 Å². The molecule has 3 heterocycles. The summed E-state index contributed by atoms with van der Waals surface area (Å²) >= 11 is 1.49. The Balaban J connectivity index is 1.33. The van der Waals surface area contributed by atoms with Crippen molar-refractivity contribution in [1.82, 2.24) is 25.2 Å². The first-order valence-corrected chi connectivity index (χ1v) is 13.2. The minimum atomic E-state index is -0.521. The number of amides is 1. The number of nitrogens with one attached hydrogen (secondary N) is 2. The SMILES string of the molecule is COc1cc(F)ccc1-c1cnc2sc(N3CCC(CO)(NCCCNC(=O)OC(C)(C)C)CC3)nn12. The van der Waals surface area contributed by atoms with Crippen LogP contribution in [-0.4, -0.2) is 76.8 Å². The normalized spacial score (nSPS) is 15.7. The molecule has 0 radical (unpaired) electrons. The lowest BCUT2D eigenvalue weighted by Crippen LogP contribution is -2.56. The standard InChI is InChI=1S/C25H35FN6O4S/c1-24(2,3)36-23(34)27-10-5-11-29-25(16-33)8-12-31(13-9-25)22-30-32-19(15-28-21(32)37-22)18-7-6-17(26)14-20(18)35-4/h6-7,14-15,29,33H,5,8-13,16H2,1-4H3,(H,27,34). The number of halogens is 1. The number of hydrogen-bond acceptors (Lipinski definition) is 9. The van der Waals surface area contributed by atoms with Crippen molar-refractivity contribution in [2.45, 2.75) is 51.2 Å². The number of aromatic nitrogens is 3. The van der Waals surface area contributed by atoms with E-state index in [1.807, 2.05) is 20.8 Å². The van der Waals surface area contributed by atoms with Crippen LogP contribution in [0.15, 0.2) is 24.4 Å². The number of imidazole rings is 1. The first-order chi connectivity index (χ1) is 17.6. The van der Waals surface area contributed by atoms with Crippen molar-refractivity contribution < 1.29 is 23.8 Å². The van der Waals surface area contributed by atoms with E-state index in [0.717, 1.165) is 53.7 Å². The van der Waals surface area contributed by atoms with Crippen molar-refractivity contribution in [3.63, 3.8) is 0 Å². The number of nitrogens with zero attached hydrogens (tertiary/aromatic N) is 4. The van der Waals surface area contributed by atoms with Gasteiger partial charge in [0.05, 0.1) is 25.6 Å². The molecule has 1 aliphatic rings. The van der Waals surface area contributed by atoms with Gasteiger partial charge in [-0.15, -0.1) is 5.10 Å². The maximum absolute atomic E-state index is 13.7. The van der Waals surface area contributed by atoms with Gasteiger partial charge < -0.3 is 30.1 Å². The van der Waals surface area contributed by atoms with Gasteiger partial charge in [-0.25, -0.2) is 18.7 Å². The summed E-state index contributed by atoms with van der Waals surface area (Å²) in [7, 11) is 1.51. The first kappa shape index (κ1) is 27.1. The number of carbonyl (C=O) groups excluding carboxylic acids is 1. The summed E-state index contributed by atoms with van der Waals surface area (Å²) in [6, 6.07) is 4.41. The number of aliphatic hydroxyl groups excluding tert-OH is 1. The number of fused-ring (bicyclic) bond motifs is 1. The molecule has 1 aromatic carbocycles. The molecule has 1 fully saturated rings. The van der Waals surface area contributed by atoms with Crippen LogP contribution in [0.5, 0.6) is 5.75 Å². The molecular formula is C25H35FN6O4S. The van der Waals surface area contributed by atoms with Crippen molar-refractivity contribution in [3.05, 3.63) is 30.2 Å². The monoisotopic (exact) mass is 534 g/mol. The summed E-state index contributed by atoms with van der Waals surface area (Å²) in [5, 5.41) is 22.0.